The Balaban J connectivity index is 2.38. The van der Waals surface area contributed by atoms with Gasteiger partial charge in [-0.1, -0.05) is 6.07 Å². The quantitative estimate of drug-likeness (QED) is 0.680. The first-order valence-electron chi connectivity index (χ1n) is 6.12. The number of ketones is 1. The van der Waals surface area contributed by atoms with Crippen molar-refractivity contribution in [1.29, 1.82) is 0 Å². The highest BCUT2D eigenvalue weighted by molar-refractivity contribution is 7.13. The third-order valence-electron chi connectivity index (χ3n) is 3.24. The Bertz CT molecular complexity index is 863. The molecule has 0 spiro atoms. The average Bonchev–Trinajstić information content (AvgIpc) is 2.96. The molecule has 100 valence electrons. The van der Waals surface area contributed by atoms with Crippen LogP contribution in [-0.4, -0.2) is 15.3 Å². The monoisotopic (exact) mass is 284 g/mol. The fourth-order valence-corrected chi connectivity index (χ4v) is 2.88. The van der Waals surface area contributed by atoms with E-state index in [1.54, 1.807) is 25.5 Å². The number of hydrogen-bond donors (Lipinski definition) is 0. The van der Waals surface area contributed by atoms with Gasteiger partial charge in [0.1, 0.15) is 5.01 Å². The Hall–Kier alpha value is -2.27. The molecule has 0 amide bonds. The Kier molecular flexibility index (Phi) is 2.99. The van der Waals surface area contributed by atoms with Crippen molar-refractivity contribution >= 4 is 27.9 Å². The molecular formula is C15H12N2O2S. The second-order valence-electron chi connectivity index (χ2n) is 4.61. The molecule has 4 nitrogen and oxygen atoms in total. The molecular weight excluding hydrogens is 272 g/mol. The zero-order valence-corrected chi connectivity index (χ0v) is 11.9. The highest BCUT2D eigenvalue weighted by Gasteiger charge is 2.12. The van der Waals surface area contributed by atoms with Gasteiger partial charge in [-0.25, -0.2) is 4.98 Å². The molecule has 5 heteroatoms. The van der Waals surface area contributed by atoms with E-state index in [0.29, 0.717) is 16.3 Å². The first-order chi connectivity index (χ1) is 9.58. The summed E-state index contributed by atoms with van der Waals surface area (Å²) in [6, 6.07) is 5.50. The van der Waals surface area contributed by atoms with Crippen LogP contribution in [0.3, 0.4) is 0 Å². The van der Waals surface area contributed by atoms with Gasteiger partial charge in [-0.3, -0.25) is 9.59 Å². The summed E-state index contributed by atoms with van der Waals surface area (Å²) in [5.74, 6) is -0.0538. The third kappa shape index (κ3) is 1.96. The lowest BCUT2D eigenvalue weighted by molar-refractivity contribution is 0.101. The maximum Gasteiger partial charge on any atom is 0.258 e. The number of Topliss-reactive ketones (excluding diaryl/α,β-unsaturated/α-hetero) is 1. The number of carbonyl (C=O) groups is 1. The van der Waals surface area contributed by atoms with Crippen molar-refractivity contribution in [2.45, 2.75) is 6.92 Å². The standard InChI is InChI=1S/C15H12N2O2S/c1-9(18)13-8-17(2)15(19)11-4-3-10(7-12(11)13)14-16-5-6-20-14/h3-8H,1-2H3. The number of aromatic nitrogens is 2. The number of benzene rings is 1. The van der Waals surface area contributed by atoms with Crippen molar-refractivity contribution in [3.05, 3.63) is 51.9 Å². The first kappa shape index (κ1) is 12.7. The molecule has 0 bridgehead atoms. The molecule has 1 aromatic carbocycles. The number of hydrogen-bond acceptors (Lipinski definition) is 4. The lowest BCUT2D eigenvalue weighted by Gasteiger charge is -2.08. The van der Waals surface area contributed by atoms with Gasteiger partial charge in [-0.15, -0.1) is 11.3 Å². The topological polar surface area (TPSA) is 52.0 Å². The largest absolute Gasteiger partial charge is 0.317 e. The maximum atomic E-state index is 12.1. The minimum absolute atomic E-state index is 0.0538. The van der Waals surface area contributed by atoms with E-state index in [-0.39, 0.29) is 11.3 Å². The zero-order valence-electron chi connectivity index (χ0n) is 11.1. The van der Waals surface area contributed by atoms with Crippen molar-refractivity contribution in [1.82, 2.24) is 9.55 Å². The second-order valence-corrected chi connectivity index (χ2v) is 5.51. The van der Waals surface area contributed by atoms with E-state index < -0.39 is 0 Å². The molecule has 2 heterocycles. The number of rotatable bonds is 2. The Morgan fingerprint density at radius 2 is 2.10 bits per heavy atom. The summed E-state index contributed by atoms with van der Waals surface area (Å²) in [6.07, 6.45) is 3.33. The first-order valence-corrected chi connectivity index (χ1v) is 7.00. The smallest absolute Gasteiger partial charge is 0.258 e. The minimum Gasteiger partial charge on any atom is -0.317 e. The molecule has 0 radical (unpaired) electrons. The number of fused-ring (bicyclic) bond motifs is 1. The summed E-state index contributed by atoms with van der Waals surface area (Å²) >= 11 is 1.53. The predicted molar refractivity (Wildman–Crippen MR) is 80.3 cm³/mol. The summed E-state index contributed by atoms with van der Waals surface area (Å²) < 4.78 is 1.45. The maximum absolute atomic E-state index is 12.1. The van der Waals surface area contributed by atoms with E-state index in [1.165, 1.54) is 22.8 Å². The molecule has 0 aliphatic carbocycles. The van der Waals surface area contributed by atoms with Crippen molar-refractivity contribution in [3.63, 3.8) is 0 Å². The molecule has 2 aromatic heterocycles. The van der Waals surface area contributed by atoms with Gasteiger partial charge < -0.3 is 4.57 Å². The van der Waals surface area contributed by atoms with Gasteiger partial charge in [-0.05, 0) is 19.1 Å². The summed E-state index contributed by atoms with van der Waals surface area (Å²) in [6.45, 7) is 1.51. The molecule has 0 saturated carbocycles. The van der Waals surface area contributed by atoms with Gasteiger partial charge in [0.15, 0.2) is 5.78 Å². The normalized spacial score (nSPS) is 10.9. The van der Waals surface area contributed by atoms with E-state index in [4.69, 9.17) is 0 Å². The zero-order chi connectivity index (χ0) is 14.3. The Morgan fingerprint density at radius 3 is 2.75 bits per heavy atom. The summed E-state index contributed by atoms with van der Waals surface area (Å²) in [4.78, 5) is 28.2. The van der Waals surface area contributed by atoms with Crippen molar-refractivity contribution in [2.24, 2.45) is 7.05 Å². The number of carbonyl (C=O) groups excluding carboxylic acids is 1. The molecule has 20 heavy (non-hydrogen) atoms. The Labute approximate surface area is 119 Å². The van der Waals surface area contributed by atoms with Crippen LogP contribution in [0.2, 0.25) is 0 Å². The SMILES string of the molecule is CC(=O)c1cn(C)c(=O)c2ccc(-c3nccs3)cc12. The van der Waals surface area contributed by atoms with Crippen LogP contribution in [0.25, 0.3) is 21.3 Å². The predicted octanol–water partition coefficient (Wildman–Crippen LogP) is 2.86. The van der Waals surface area contributed by atoms with Crippen molar-refractivity contribution in [2.75, 3.05) is 0 Å². The molecule has 0 aliphatic rings. The highest BCUT2D eigenvalue weighted by atomic mass is 32.1. The third-order valence-corrected chi connectivity index (χ3v) is 4.06. The number of nitrogens with zero attached hydrogens (tertiary/aromatic N) is 2. The second kappa shape index (κ2) is 4.68. The number of pyridine rings is 1. The molecule has 0 aliphatic heterocycles. The van der Waals surface area contributed by atoms with Crippen molar-refractivity contribution in [3.8, 4) is 10.6 Å². The van der Waals surface area contributed by atoms with Crippen LogP contribution in [0, 0.1) is 0 Å². The molecule has 0 N–H and O–H groups in total. The van der Waals surface area contributed by atoms with Gasteiger partial charge in [0.25, 0.3) is 5.56 Å². The fourth-order valence-electron chi connectivity index (χ4n) is 2.24. The lowest BCUT2D eigenvalue weighted by atomic mass is 10.0. The van der Waals surface area contributed by atoms with Crippen LogP contribution >= 0.6 is 11.3 Å². The van der Waals surface area contributed by atoms with Crippen LogP contribution in [0.5, 0.6) is 0 Å². The van der Waals surface area contributed by atoms with E-state index in [9.17, 15) is 9.59 Å². The lowest BCUT2D eigenvalue weighted by Crippen LogP contribution is -2.18. The van der Waals surface area contributed by atoms with Gasteiger partial charge >= 0.3 is 0 Å². The van der Waals surface area contributed by atoms with E-state index in [0.717, 1.165) is 10.6 Å². The summed E-state index contributed by atoms with van der Waals surface area (Å²) in [5, 5.41) is 4.02. The fraction of sp³-hybridized carbons (Fsp3) is 0.133. The molecule has 0 atom stereocenters. The van der Waals surface area contributed by atoms with E-state index in [1.807, 2.05) is 17.5 Å². The Morgan fingerprint density at radius 1 is 1.30 bits per heavy atom. The van der Waals surface area contributed by atoms with Gasteiger partial charge in [0.2, 0.25) is 0 Å². The van der Waals surface area contributed by atoms with E-state index in [2.05, 4.69) is 4.98 Å². The van der Waals surface area contributed by atoms with Gasteiger partial charge in [-0.2, -0.15) is 0 Å². The molecule has 0 unspecified atom stereocenters. The average molecular weight is 284 g/mol. The number of aryl methyl sites for hydroxylation is 1. The van der Waals surface area contributed by atoms with Crippen molar-refractivity contribution < 1.29 is 4.79 Å². The summed E-state index contributed by atoms with van der Waals surface area (Å²) in [5.41, 5.74) is 1.37. The molecule has 0 saturated heterocycles. The minimum atomic E-state index is -0.101. The molecule has 0 fully saturated rings. The highest BCUT2D eigenvalue weighted by Crippen LogP contribution is 2.26. The molecule has 3 aromatic rings. The summed E-state index contributed by atoms with van der Waals surface area (Å²) in [7, 11) is 1.66. The van der Waals surface area contributed by atoms with Crippen LogP contribution in [-0.2, 0) is 7.05 Å². The van der Waals surface area contributed by atoms with Crippen LogP contribution in [0.4, 0.5) is 0 Å². The van der Waals surface area contributed by atoms with Gasteiger partial charge in [0, 0.05) is 46.7 Å². The molecule has 3 rings (SSSR count). The van der Waals surface area contributed by atoms with Crippen LogP contribution in [0.15, 0.2) is 40.8 Å². The van der Waals surface area contributed by atoms with Crippen LogP contribution < -0.4 is 5.56 Å². The van der Waals surface area contributed by atoms with E-state index >= 15 is 0 Å². The number of thiazole rings is 1. The van der Waals surface area contributed by atoms with Crippen LogP contribution in [0.1, 0.15) is 17.3 Å². The van der Waals surface area contributed by atoms with Gasteiger partial charge in [0.05, 0.1) is 0 Å².